The Morgan fingerprint density at radius 2 is 2.15 bits per heavy atom. The Morgan fingerprint density at radius 3 is 2.70 bits per heavy atom. The van der Waals surface area contributed by atoms with Crippen LogP contribution in [0.1, 0.15) is 11.5 Å². The van der Waals surface area contributed by atoms with Crippen molar-refractivity contribution in [1.82, 2.24) is 19.0 Å². The fourth-order valence-electron chi connectivity index (χ4n) is 2.50. The van der Waals surface area contributed by atoms with E-state index in [9.17, 15) is 8.42 Å². The quantitative estimate of drug-likeness (QED) is 0.834. The molecule has 8 heteroatoms. The second-order valence-corrected chi connectivity index (χ2v) is 6.98. The standard InChI is InChI=1S/C12H16N4O3S/c1-9-12(10(2)19-14-9)20(17,18)16-6-11(7-16)5-15-4-3-13-8-15/h3-4,8,11H,5-7H2,1-2H3. The first kappa shape index (κ1) is 13.3. The summed E-state index contributed by atoms with van der Waals surface area (Å²) in [4.78, 5) is 4.18. The molecule has 0 radical (unpaired) electrons. The number of hydrogen-bond acceptors (Lipinski definition) is 5. The molecule has 3 rings (SSSR count). The van der Waals surface area contributed by atoms with Crippen LogP contribution in [0.3, 0.4) is 0 Å². The van der Waals surface area contributed by atoms with Crippen molar-refractivity contribution in [3.05, 3.63) is 30.2 Å². The first-order valence-electron chi connectivity index (χ1n) is 6.37. The van der Waals surface area contributed by atoms with Gasteiger partial charge in [-0.1, -0.05) is 5.16 Å². The van der Waals surface area contributed by atoms with Gasteiger partial charge in [-0.25, -0.2) is 13.4 Å². The Bertz CT molecular complexity index is 680. The van der Waals surface area contributed by atoms with Crippen LogP contribution in [-0.2, 0) is 16.6 Å². The molecule has 1 aliphatic rings. The molecule has 0 unspecified atom stereocenters. The minimum atomic E-state index is -3.48. The second kappa shape index (κ2) is 4.71. The largest absolute Gasteiger partial charge is 0.360 e. The van der Waals surface area contributed by atoms with Gasteiger partial charge >= 0.3 is 0 Å². The summed E-state index contributed by atoms with van der Waals surface area (Å²) >= 11 is 0. The first-order valence-corrected chi connectivity index (χ1v) is 7.81. The van der Waals surface area contributed by atoms with Gasteiger partial charge in [-0.05, 0) is 13.8 Å². The van der Waals surface area contributed by atoms with Crippen LogP contribution in [0, 0.1) is 19.8 Å². The number of hydrogen-bond donors (Lipinski definition) is 0. The van der Waals surface area contributed by atoms with E-state index in [2.05, 4.69) is 10.1 Å². The molecule has 0 N–H and O–H groups in total. The number of aryl methyl sites for hydroxylation is 2. The molecular formula is C12H16N4O3S. The molecule has 1 aliphatic heterocycles. The van der Waals surface area contributed by atoms with Crippen LogP contribution >= 0.6 is 0 Å². The summed E-state index contributed by atoms with van der Waals surface area (Å²) in [6.45, 7) is 5.09. The normalized spacial score (nSPS) is 17.3. The number of rotatable bonds is 4. The topological polar surface area (TPSA) is 81.2 Å². The summed E-state index contributed by atoms with van der Waals surface area (Å²) in [5, 5.41) is 3.71. The van der Waals surface area contributed by atoms with Crippen molar-refractivity contribution in [2.24, 2.45) is 5.92 Å². The van der Waals surface area contributed by atoms with Gasteiger partial charge in [-0.15, -0.1) is 0 Å². The molecule has 2 aromatic heterocycles. The highest BCUT2D eigenvalue weighted by Gasteiger charge is 2.39. The van der Waals surface area contributed by atoms with E-state index in [0.717, 1.165) is 6.54 Å². The van der Waals surface area contributed by atoms with Gasteiger partial charge in [0.1, 0.15) is 10.6 Å². The van der Waals surface area contributed by atoms with Crippen molar-refractivity contribution < 1.29 is 12.9 Å². The molecule has 7 nitrogen and oxygen atoms in total. The Hall–Kier alpha value is -1.67. The summed E-state index contributed by atoms with van der Waals surface area (Å²) in [6.07, 6.45) is 5.34. The molecular weight excluding hydrogens is 280 g/mol. The fraction of sp³-hybridized carbons (Fsp3) is 0.500. The van der Waals surface area contributed by atoms with Crippen molar-refractivity contribution in [3.63, 3.8) is 0 Å². The predicted molar refractivity (Wildman–Crippen MR) is 70.5 cm³/mol. The first-order chi connectivity index (χ1) is 9.48. The molecule has 1 saturated heterocycles. The molecule has 108 valence electrons. The van der Waals surface area contributed by atoms with E-state index >= 15 is 0 Å². The lowest BCUT2D eigenvalue weighted by Crippen LogP contribution is -2.51. The van der Waals surface area contributed by atoms with Gasteiger partial charge in [0.05, 0.1) is 6.33 Å². The minimum Gasteiger partial charge on any atom is -0.360 e. The van der Waals surface area contributed by atoms with Crippen LogP contribution in [0.4, 0.5) is 0 Å². The zero-order valence-corrected chi connectivity index (χ0v) is 12.2. The van der Waals surface area contributed by atoms with Crippen molar-refractivity contribution in [2.45, 2.75) is 25.3 Å². The lowest BCUT2D eigenvalue weighted by molar-refractivity contribution is 0.179. The van der Waals surface area contributed by atoms with Gasteiger partial charge in [0, 0.05) is 37.9 Å². The number of imidazole rings is 1. The Labute approximate surface area is 117 Å². The van der Waals surface area contributed by atoms with E-state index in [4.69, 9.17) is 4.52 Å². The summed E-state index contributed by atoms with van der Waals surface area (Å²) in [6, 6.07) is 0. The van der Waals surface area contributed by atoms with Crippen LogP contribution in [-0.4, -0.2) is 40.5 Å². The summed E-state index contributed by atoms with van der Waals surface area (Å²) in [5.41, 5.74) is 0.417. The predicted octanol–water partition coefficient (Wildman–Crippen LogP) is 0.809. The van der Waals surface area contributed by atoms with Crippen LogP contribution in [0.25, 0.3) is 0 Å². The monoisotopic (exact) mass is 296 g/mol. The van der Waals surface area contributed by atoms with E-state index in [1.807, 2.05) is 10.8 Å². The van der Waals surface area contributed by atoms with Gasteiger partial charge < -0.3 is 9.09 Å². The molecule has 0 aromatic carbocycles. The highest BCUT2D eigenvalue weighted by molar-refractivity contribution is 7.89. The highest BCUT2D eigenvalue weighted by Crippen LogP contribution is 2.29. The molecule has 0 aliphatic carbocycles. The average molecular weight is 296 g/mol. The zero-order valence-electron chi connectivity index (χ0n) is 11.4. The number of nitrogens with zero attached hydrogens (tertiary/aromatic N) is 4. The van der Waals surface area contributed by atoms with E-state index in [1.54, 1.807) is 26.4 Å². The maximum Gasteiger partial charge on any atom is 0.248 e. The van der Waals surface area contributed by atoms with Gasteiger partial charge in [-0.2, -0.15) is 4.31 Å². The van der Waals surface area contributed by atoms with E-state index in [-0.39, 0.29) is 4.90 Å². The van der Waals surface area contributed by atoms with Crippen LogP contribution in [0.5, 0.6) is 0 Å². The molecule has 3 heterocycles. The van der Waals surface area contributed by atoms with Crippen LogP contribution in [0.2, 0.25) is 0 Å². The van der Waals surface area contributed by atoms with Crippen molar-refractivity contribution >= 4 is 10.0 Å². The third kappa shape index (κ3) is 2.14. The average Bonchev–Trinajstić information content (AvgIpc) is 2.93. The maximum atomic E-state index is 12.5. The summed E-state index contributed by atoms with van der Waals surface area (Å²) < 4.78 is 33.3. The van der Waals surface area contributed by atoms with E-state index in [0.29, 0.717) is 30.5 Å². The van der Waals surface area contributed by atoms with E-state index in [1.165, 1.54) is 4.31 Å². The summed E-state index contributed by atoms with van der Waals surface area (Å²) in [7, 11) is -3.48. The molecule has 20 heavy (non-hydrogen) atoms. The lowest BCUT2D eigenvalue weighted by Gasteiger charge is -2.38. The molecule has 0 amide bonds. The molecule has 2 aromatic rings. The lowest BCUT2D eigenvalue weighted by atomic mass is 10.0. The maximum absolute atomic E-state index is 12.5. The molecule has 1 fully saturated rings. The van der Waals surface area contributed by atoms with Gasteiger partial charge in [0.2, 0.25) is 10.0 Å². The smallest absolute Gasteiger partial charge is 0.248 e. The number of aromatic nitrogens is 3. The van der Waals surface area contributed by atoms with Crippen molar-refractivity contribution in [3.8, 4) is 0 Å². The van der Waals surface area contributed by atoms with Gasteiger partial charge in [-0.3, -0.25) is 0 Å². The number of sulfonamides is 1. The van der Waals surface area contributed by atoms with Gasteiger partial charge in [0.25, 0.3) is 0 Å². The van der Waals surface area contributed by atoms with Crippen LogP contribution in [0.15, 0.2) is 28.1 Å². The van der Waals surface area contributed by atoms with E-state index < -0.39 is 10.0 Å². The Balaban J connectivity index is 1.70. The molecule has 0 spiro atoms. The highest BCUT2D eigenvalue weighted by atomic mass is 32.2. The fourth-order valence-corrected chi connectivity index (χ4v) is 4.38. The third-order valence-electron chi connectivity index (χ3n) is 3.52. The SMILES string of the molecule is Cc1noc(C)c1S(=O)(=O)N1CC(Cn2ccnc2)C1. The molecule has 0 atom stereocenters. The third-order valence-corrected chi connectivity index (χ3v) is 5.59. The van der Waals surface area contributed by atoms with Crippen molar-refractivity contribution in [1.29, 1.82) is 0 Å². The molecule has 0 bridgehead atoms. The van der Waals surface area contributed by atoms with Crippen molar-refractivity contribution in [2.75, 3.05) is 13.1 Å². The van der Waals surface area contributed by atoms with Crippen LogP contribution < -0.4 is 0 Å². The summed E-state index contributed by atoms with van der Waals surface area (Å²) in [5.74, 6) is 0.667. The molecule has 0 saturated carbocycles. The zero-order chi connectivity index (χ0) is 14.3. The minimum absolute atomic E-state index is 0.207. The second-order valence-electron chi connectivity index (χ2n) is 5.10. The Kier molecular flexibility index (Phi) is 3.14. The Morgan fingerprint density at radius 1 is 1.40 bits per heavy atom. The van der Waals surface area contributed by atoms with Gasteiger partial charge in [0.15, 0.2) is 5.76 Å².